The van der Waals surface area contributed by atoms with Gasteiger partial charge in [-0.15, -0.1) is 5.10 Å². The van der Waals surface area contributed by atoms with Crippen molar-refractivity contribution in [2.24, 2.45) is 0 Å². The number of hydrogen-bond acceptors (Lipinski definition) is 5. The number of thioether (sulfide) groups is 1. The lowest BCUT2D eigenvalue weighted by Crippen LogP contribution is -2.23. The van der Waals surface area contributed by atoms with Gasteiger partial charge in [-0.3, -0.25) is 4.79 Å². The summed E-state index contributed by atoms with van der Waals surface area (Å²) in [6.45, 7) is 3.56. The molecule has 3 rings (SSSR count). The number of aromatic nitrogens is 4. The Morgan fingerprint density at radius 1 is 1.23 bits per heavy atom. The highest BCUT2D eigenvalue weighted by molar-refractivity contribution is 8.00. The number of rotatable bonds is 5. The predicted molar refractivity (Wildman–Crippen MR) is 94.2 cm³/mol. The molecule has 1 aromatic heterocycles. The third-order valence-corrected chi connectivity index (χ3v) is 4.66. The van der Waals surface area contributed by atoms with Crippen molar-refractivity contribution < 1.29 is 13.6 Å². The highest BCUT2D eigenvalue weighted by Crippen LogP contribution is 2.25. The van der Waals surface area contributed by atoms with Crippen LogP contribution in [0.5, 0.6) is 0 Å². The van der Waals surface area contributed by atoms with Crippen molar-refractivity contribution in [3.63, 3.8) is 0 Å². The van der Waals surface area contributed by atoms with Crippen molar-refractivity contribution in [2.75, 3.05) is 5.32 Å². The van der Waals surface area contributed by atoms with Gasteiger partial charge in [0, 0.05) is 6.07 Å². The fourth-order valence-corrected chi connectivity index (χ4v) is 3.04. The molecule has 6 nitrogen and oxygen atoms in total. The van der Waals surface area contributed by atoms with E-state index in [1.54, 1.807) is 6.92 Å². The van der Waals surface area contributed by atoms with Gasteiger partial charge >= 0.3 is 0 Å². The van der Waals surface area contributed by atoms with Gasteiger partial charge in [0.15, 0.2) is 0 Å². The molecule has 0 fully saturated rings. The molecular formula is C17H15F2N5OS. The Kier molecular flexibility index (Phi) is 5.27. The van der Waals surface area contributed by atoms with Crippen molar-refractivity contribution in [1.82, 2.24) is 20.2 Å². The lowest BCUT2D eigenvalue weighted by atomic mass is 10.2. The standard InChI is InChI=1S/C17H15F2N5OS/c1-10-5-3-4-6-15(10)24-17(21-22-23-24)26-11(2)16(25)20-14-9-12(18)7-8-13(14)19/h3-9,11H,1-2H3,(H,20,25)/t11-/m0/s1. The molecule has 9 heteroatoms. The lowest BCUT2D eigenvalue weighted by molar-refractivity contribution is -0.115. The van der Waals surface area contributed by atoms with Crippen LogP contribution in [0, 0.1) is 18.6 Å². The summed E-state index contributed by atoms with van der Waals surface area (Å²) in [7, 11) is 0. The second-order valence-corrected chi connectivity index (χ2v) is 6.84. The summed E-state index contributed by atoms with van der Waals surface area (Å²) in [5, 5.41) is 13.7. The number of hydrogen-bond donors (Lipinski definition) is 1. The number of nitrogens with one attached hydrogen (secondary N) is 1. The summed E-state index contributed by atoms with van der Waals surface area (Å²) in [6, 6.07) is 10.4. The van der Waals surface area contributed by atoms with Gasteiger partial charge in [-0.25, -0.2) is 8.78 Å². The van der Waals surface area contributed by atoms with Gasteiger partial charge in [-0.05, 0) is 48.0 Å². The van der Waals surface area contributed by atoms with E-state index in [0.29, 0.717) is 5.16 Å². The van der Waals surface area contributed by atoms with Gasteiger partial charge in [-0.1, -0.05) is 30.0 Å². The highest BCUT2D eigenvalue weighted by atomic mass is 32.2. The molecule has 1 atom stereocenters. The van der Waals surface area contributed by atoms with Crippen LogP contribution in [0.4, 0.5) is 14.5 Å². The van der Waals surface area contributed by atoms with Crippen LogP contribution >= 0.6 is 11.8 Å². The number of benzene rings is 2. The number of halogens is 2. The maximum absolute atomic E-state index is 13.7. The lowest BCUT2D eigenvalue weighted by Gasteiger charge is -2.13. The molecule has 0 aliphatic heterocycles. The Hall–Kier alpha value is -2.81. The van der Waals surface area contributed by atoms with E-state index >= 15 is 0 Å². The summed E-state index contributed by atoms with van der Waals surface area (Å²) in [5.41, 5.74) is 1.56. The quantitative estimate of drug-likeness (QED) is 0.692. The fraction of sp³-hybridized carbons (Fsp3) is 0.176. The van der Waals surface area contributed by atoms with Crippen LogP contribution in [0.1, 0.15) is 12.5 Å². The molecule has 26 heavy (non-hydrogen) atoms. The topological polar surface area (TPSA) is 72.7 Å². The van der Waals surface area contributed by atoms with Crippen molar-refractivity contribution in [1.29, 1.82) is 0 Å². The maximum Gasteiger partial charge on any atom is 0.237 e. The number of amides is 1. The first-order valence-corrected chi connectivity index (χ1v) is 8.60. The summed E-state index contributed by atoms with van der Waals surface area (Å²) in [6.07, 6.45) is 0. The molecule has 0 aliphatic carbocycles. The molecule has 0 saturated heterocycles. The molecule has 0 spiro atoms. The van der Waals surface area contributed by atoms with Crippen LogP contribution in [0.2, 0.25) is 0 Å². The van der Waals surface area contributed by atoms with E-state index < -0.39 is 22.8 Å². The Bertz CT molecular complexity index is 946. The van der Waals surface area contributed by atoms with E-state index in [-0.39, 0.29) is 5.69 Å². The summed E-state index contributed by atoms with van der Waals surface area (Å²) in [5.74, 6) is -1.83. The number of para-hydroxylation sites is 1. The largest absolute Gasteiger partial charge is 0.323 e. The van der Waals surface area contributed by atoms with Crippen LogP contribution in [-0.2, 0) is 4.79 Å². The summed E-state index contributed by atoms with van der Waals surface area (Å²) >= 11 is 1.12. The van der Waals surface area contributed by atoms with Crippen LogP contribution in [0.3, 0.4) is 0 Å². The van der Waals surface area contributed by atoms with Crippen molar-refractivity contribution in [2.45, 2.75) is 24.3 Å². The van der Waals surface area contributed by atoms with Gasteiger partial charge in [0.05, 0.1) is 16.6 Å². The van der Waals surface area contributed by atoms with Gasteiger partial charge in [0.2, 0.25) is 11.1 Å². The monoisotopic (exact) mass is 375 g/mol. The SMILES string of the molecule is Cc1ccccc1-n1nnnc1S[C@@H](C)C(=O)Nc1cc(F)ccc1F. The van der Waals surface area contributed by atoms with Gasteiger partial charge in [0.25, 0.3) is 0 Å². The first-order chi connectivity index (χ1) is 12.5. The molecule has 1 N–H and O–H groups in total. The average molecular weight is 375 g/mol. The molecule has 0 aliphatic rings. The van der Waals surface area contributed by atoms with Crippen LogP contribution in [0.15, 0.2) is 47.6 Å². The predicted octanol–water partition coefficient (Wildman–Crippen LogP) is 3.37. The Balaban J connectivity index is 1.76. The molecule has 1 heterocycles. The summed E-state index contributed by atoms with van der Waals surface area (Å²) in [4.78, 5) is 12.3. The minimum absolute atomic E-state index is 0.207. The van der Waals surface area contributed by atoms with Crippen molar-refractivity contribution in [3.8, 4) is 5.69 Å². The highest BCUT2D eigenvalue weighted by Gasteiger charge is 2.21. The number of carbonyl (C=O) groups is 1. The van der Waals surface area contributed by atoms with Crippen LogP contribution in [-0.4, -0.2) is 31.4 Å². The van der Waals surface area contributed by atoms with E-state index in [2.05, 4.69) is 20.8 Å². The zero-order valence-electron chi connectivity index (χ0n) is 14.0. The zero-order chi connectivity index (χ0) is 18.7. The smallest absolute Gasteiger partial charge is 0.237 e. The Labute approximate surface area is 152 Å². The minimum Gasteiger partial charge on any atom is -0.323 e. The third-order valence-electron chi connectivity index (χ3n) is 3.62. The molecule has 2 aromatic carbocycles. The van der Waals surface area contributed by atoms with E-state index in [9.17, 15) is 13.6 Å². The van der Waals surface area contributed by atoms with Crippen LogP contribution < -0.4 is 5.32 Å². The molecule has 3 aromatic rings. The van der Waals surface area contributed by atoms with Gasteiger partial charge < -0.3 is 5.32 Å². The zero-order valence-corrected chi connectivity index (χ0v) is 14.8. The third kappa shape index (κ3) is 3.88. The van der Waals surface area contributed by atoms with Gasteiger partial charge in [-0.2, -0.15) is 4.68 Å². The Morgan fingerprint density at radius 3 is 2.77 bits per heavy atom. The normalized spacial score (nSPS) is 12.0. The van der Waals surface area contributed by atoms with E-state index in [4.69, 9.17) is 0 Å². The second-order valence-electron chi connectivity index (χ2n) is 5.53. The molecule has 0 saturated carbocycles. The van der Waals surface area contributed by atoms with E-state index in [1.165, 1.54) is 4.68 Å². The number of carbonyl (C=O) groups excluding carboxylic acids is 1. The van der Waals surface area contributed by atoms with Crippen molar-refractivity contribution >= 4 is 23.4 Å². The van der Waals surface area contributed by atoms with Crippen LogP contribution in [0.25, 0.3) is 5.69 Å². The molecule has 0 bridgehead atoms. The fourth-order valence-electron chi connectivity index (χ4n) is 2.24. The molecule has 1 amide bonds. The molecule has 0 radical (unpaired) electrons. The summed E-state index contributed by atoms with van der Waals surface area (Å²) < 4.78 is 28.4. The van der Waals surface area contributed by atoms with Crippen molar-refractivity contribution in [3.05, 3.63) is 59.7 Å². The average Bonchev–Trinajstić information content (AvgIpc) is 3.06. The molecule has 134 valence electrons. The first-order valence-electron chi connectivity index (χ1n) is 7.72. The molecular weight excluding hydrogens is 360 g/mol. The number of aryl methyl sites for hydroxylation is 1. The number of tetrazole rings is 1. The number of anilines is 1. The Morgan fingerprint density at radius 2 is 2.00 bits per heavy atom. The minimum atomic E-state index is -0.707. The molecule has 0 unspecified atom stereocenters. The second kappa shape index (κ2) is 7.61. The van der Waals surface area contributed by atoms with Gasteiger partial charge in [0.1, 0.15) is 11.6 Å². The first kappa shape index (κ1) is 18.0. The number of nitrogens with zero attached hydrogens (tertiary/aromatic N) is 4. The van der Waals surface area contributed by atoms with E-state index in [1.807, 2.05) is 31.2 Å². The van der Waals surface area contributed by atoms with E-state index in [0.717, 1.165) is 41.2 Å². The maximum atomic E-state index is 13.7.